The van der Waals surface area contributed by atoms with E-state index in [1.807, 2.05) is 17.0 Å². The molecule has 1 amide bonds. The molecule has 0 saturated carbocycles. The zero-order valence-corrected chi connectivity index (χ0v) is 11.6. The number of rotatable bonds is 6. The number of methoxy groups -OCH3 is 2. The molecule has 19 heavy (non-hydrogen) atoms. The number of benzene rings is 1. The number of nitrogens with zero attached hydrogens (tertiary/aromatic N) is 1. The first-order valence-corrected chi connectivity index (χ1v) is 6.62. The van der Waals surface area contributed by atoms with Crippen molar-refractivity contribution in [2.45, 2.75) is 12.8 Å². The summed E-state index contributed by atoms with van der Waals surface area (Å²) in [7, 11) is 3.33. The first kappa shape index (κ1) is 13.9. The quantitative estimate of drug-likeness (QED) is 0.784. The summed E-state index contributed by atoms with van der Waals surface area (Å²) in [6.45, 7) is 2.16. The second kappa shape index (κ2) is 6.57. The topological polar surface area (TPSA) is 38.8 Å². The maximum absolute atomic E-state index is 11.8. The van der Waals surface area contributed by atoms with Crippen LogP contribution in [0.5, 0.6) is 5.75 Å². The van der Waals surface area contributed by atoms with E-state index in [2.05, 4.69) is 12.1 Å². The lowest BCUT2D eigenvalue weighted by atomic mass is 9.98. The van der Waals surface area contributed by atoms with E-state index in [0.717, 1.165) is 18.7 Å². The van der Waals surface area contributed by atoms with Crippen LogP contribution in [0.3, 0.4) is 0 Å². The number of carbonyl (C=O) groups excluding carboxylic acids is 1. The number of hydrogen-bond donors (Lipinski definition) is 0. The standard InChI is InChI=1S/C15H21NO3/c1-18-8-7-16-11-13(10-15(16)17)9-12-3-5-14(19-2)6-4-12/h3-6,13H,7-11H2,1-2H3/t13-/m1/s1. The molecule has 0 N–H and O–H groups in total. The van der Waals surface area contributed by atoms with Crippen molar-refractivity contribution in [2.24, 2.45) is 5.92 Å². The van der Waals surface area contributed by atoms with Crippen LogP contribution in [0.15, 0.2) is 24.3 Å². The van der Waals surface area contributed by atoms with Crippen molar-refractivity contribution in [1.29, 1.82) is 0 Å². The highest BCUT2D eigenvalue weighted by molar-refractivity contribution is 5.78. The van der Waals surface area contributed by atoms with Crippen LogP contribution in [0.4, 0.5) is 0 Å². The minimum atomic E-state index is 0.246. The third-order valence-electron chi connectivity index (χ3n) is 3.54. The van der Waals surface area contributed by atoms with Gasteiger partial charge in [-0.1, -0.05) is 12.1 Å². The number of amides is 1. The molecule has 1 atom stereocenters. The Morgan fingerprint density at radius 3 is 2.63 bits per heavy atom. The molecule has 0 bridgehead atoms. The van der Waals surface area contributed by atoms with Gasteiger partial charge in [-0.15, -0.1) is 0 Å². The molecule has 104 valence electrons. The van der Waals surface area contributed by atoms with E-state index in [1.54, 1.807) is 14.2 Å². The Labute approximate surface area is 114 Å². The average molecular weight is 263 g/mol. The molecule has 0 aromatic heterocycles. The van der Waals surface area contributed by atoms with Gasteiger partial charge in [-0.2, -0.15) is 0 Å². The zero-order valence-electron chi connectivity index (χ0n) is 11.6. The predicted octanol–water partition coefficient (Wildman–Crippen LogP) is 1.73. The number of likely N-dealkylation sites (tertiary alicyclic amines) is 1. The van der Waals surface area contributed by atoms with Crippen molar-refractivity contribution in [3.8, 4) is 5.75 Å². The fraction of sp³-hybridized carbons (Fsp3) is 0.533. The fourth-order valence-corrected chi connectivity index (χ4v) is 2.50. The molecule has 4 nitrogen and oxygen atoms in total. The SMILES string of the molecule is COCCN1C[C@H](Cc2ccc(OC)cc2)CC1=O. The molecule has 0 unspecified atom stereocenters. The lowest BCUT2D eigenvalue weighted by Gasteiger charge is -2.16. The minimum Gasteiger partial charge on any atom is -0.497 e. The van der Waals surface area contributed by atoms with Crippen LogP contribution in [0.1, 0.15) is 12.0 Å². The van der Waals surface area contributed by atoms with Crippen molar-refractivity contribution in [3.63, 3.8) is 0 Å². The van der Waals surface area contributed by atoms with E-state index in [4.69, 9.17) is 9.47 Å². The molecule has 0 spiro atoms. The van der Waals surface area contributed by atoms with Crippen molar-refractivity contribution < 1.29 is 14.3 Å². The summed E-state index contributed by atoms with van der Waals surface area (Å²) in [4.78, 5) is 13.7. The highest BCUT2D eigenvalue weighted by Crippen LogP contribution is 2.22. The van der Waals surface area contributed by atoms with E-state index in [9.17, 15) is 4.79 Å². The van der Waals surface area contributed by atoms with Crippen molar-refractivity contribution in [1.82, 2.24) is 4.90 Å². The Hall–Kier alpha value is -1.55. The van der Waals surface area contributed by atoms with Crippen LogP contribution in [0.2, 0.25) is 0 Å². The van der Waals surface area contributed by atoms with E-state index >= 15 is 0 Å². The van der Waals surface area contributed by atoms with Gasteiger partial charge in [-0.05, 0) is 30.0 Å². The lowest BCUT2D eigenvalue weighted by molar-refractivity contribution is -0.128. The Balaban J connectivity index is 1.88. The summed E-state index contributed by atoms with van der Waals surface area (Å²) in [5, 5.41) is 0. The van der Waals surface area contributed by atoms with E-state index < -0.39 is 0 Å². The highest BCUT2D eigenvalue weighted by Gasteiger charge is 2.28. The molecule has 1 heterocycles. The van der Waals surface area contributed by atoms with Crippen LogP contribution in [0.25, 0.3) is 0 Å². The molecule has 1 fully saturated rings. The normalized spacial score (nSPS) is 18.9. The number of hydrogen-bond acceptors (Lipinski definition) is 3. The molecule has 1 aromatic carbocycles. The summed E-state index contributed by atoms with van der Waals surface area (Å²) in [5.41, 5.74) is 1.26. The van der Waals surface area contributed by atoms with Gasteiger partial charge in [-0.3, -0.25) is 4.79 Å². The van der Waals surface area contributed by atoms with Gasteiger partial charge in [0.25, 0.3) is 0 Å². The highest BCUT2D eigenvalue weighted by atomic mass is 16.5. The van der Waals surface area contributed by atoms with Crippen LogP contribution in [-0.2, 0) is 16.0 Å². The van der Waals surface area contributed by atoms with Crippen molar-refractivity contribution >= 4 is 5.91 Å². The van der Waals surface area contributed by atoms with Gasteiger partial charge >= 0.3 is 0 Å². The summed E-state index contributed by atoms with van der Waals surface area (Å²) < 4.78 is 10.2. The molecule has 0 aliphatic carbocycles. The van der Waals surface area contributed by atoms with Gasteiger partial charge in [0.15, 0.2) is 0 Å². The maximum Gasteiger partial charge on any atom is 0.223 e. The van der Waals surface area contributed by atoms with E-state index in [0.29, 0.717) is 25.5 Å². The zero-order chi connectivity index (χ0) is 13.7. The fourth-order valence-electron chi connectivity index (χ4n) is 2.50. The van der Waals surface area contributed by atoms with Crippen LogP contribution in [-0.4, -0.2) is 44.7 Å². The van der Waals surface area contributed by atoms with Crippen molar-refractivity contribution in [3.05, 3.63) is 29.8 Å². The Morgan fingerprint density at radius 2 is 2.00 bits per heavy atom. The summed E-state index contributed by atoms with van der Waals surface area (Å²) in [5.74, 6) is 1.53. The average Bonchev–Trinajstić information content (AvgIpc) is 2.77. The van der Waals surface area contributed by atoms with Crippen LogP contribution in [0, 0.1) is 5.92 Å². The Bertz CT molecular complexity index is 416. The van der Waals surface area contributed by atoms with Gasteiger partial charge in [0, 0.05) is 26.6 Å². The molecular weight excluding hydrogens is 242 g/mol. The molecule has 2 rings (SSSR count). The first-order valence-electron chi connectivity index (χ1n) is 6.62. The van der Waals surface area contributed by atoms with E-state index in [-0.39, 0.29) is 5.91 Å². The van der Waals surface area contributed by atoms with Gasteiger partial charge in [0.2, 0.25) is 5.91 Å². The second-order valence-electron chi connectivity index (χ2n) is 4.95. The lowest BCUT2D eigenvalue weighted by Crippen LogP contribution is -2.28. The molecule has 1 aliphatic heterocycles. The van der Waals surface area contributed by atoms with Crippen molar-refractivity contribution in [2.75, 3.05) is 33.9 Å². The molecule has 1 saturated heterocycles. The third kappa shape index (κ3) is 3.70. The number of ether oxygens (including phenoxy) is 2. The summed E-state index contributed by atoms with van der Waals surface area (Å²) >= 11 is 0. The molecule has 4 heteroatoms. The smallest absolute Gasteiger partial charge is 0.223 e. The Kier molecular flexibility index (Phi) is 4.80. The molecular formula is C15H21NO3. The second-order valence-corrected chi connectivity index (χ2v) is 4.95. The molecule has 1 aliphatic rings. The summed E-state index contributed by atoms with van der Waals surface area (Å²) in [6, 6.07) is 8.08. The maximum atomic E-state index is 11.8. The van der Waals surface area contributed by atoms with Gasteiger partial charge in [0.1, 0.15) is 5.75 Å². The first-order chi connectivity index (χ1) is 9.22. The van der Waals surface area contributed by atoms with Crippen LogP contribution >= 0.6 is 0 Å². The van der Waals surface area contributed by atoms with E-state index in [1.165, 1.54) is 5.56 Å². The number of carbonyl (C=O) groups is 1. The van der Waals surface area contributed by atoms with Crippen LogP contribution < -0.4 is 4.74 Å². The third-order valence-corrected chi connectivity index (χ3v) is 3.54. The molecule has 1 aromatic rings. The monoisotopic (exact) mass is 263 g/mol. The van der Waals surface area contributed by atoms with Gasteiger partial charge in [0.05, 0.1) is 13.7 Å². The predicted molar refractivity (Wildman–Crippen MR) is 73.3 cm³/mol. The molecule has 0 radical (unpaired) electrons. The largest absolute Gasteiger partial charge is 0.497 e. The Morgan fingerprint density at radius 1 is 1.26 bits per heavy atom. The minimum absolute atomic E-state index is 0.246. The summed E-state index contributed by atoms with van der Waals surface area (Å²) in [6.07, 6.45) is 1.59. The van der Waals surface area contributed by atoms with Gasteiger partial charge < -0.3 is 14.4 Å². The van der Waals surface area contributed by atoms with Gasteiger partial charge in [-0.25, -0.2) is 0 Å².